The summed E-state index contributed by atoms with van der Waals surface area (Å²) < 4.78 is 1.07. The van der Waals surface area contributed by atoms with Crippen LogP contribution in [0.4, 0.5) is 0 Å². The van der Waals surface area contributed by atoms with Crippen LogP contribution in [0.15, 0.2) is 28.7 Å². The van der Waals surface area contributed by atoms with E-state index in [-0.39, 0.29) is 0 Å². The third-order valence-electron chi connectivity index (χ3n) is 2.36. The van der Waals surface area contributed by atoms with Crippen molar-refractivity contribution in [2.45, 2.75) is 12.8 Å². The van der Waals surface area contributed by atoms with Gasteiger partial charge in [-0.25, -0.2) is 0 Å². The predicted octanol–water partition coefficient (Wildman–Crippen LogP) is 3.12. The van der Waals surface area contributed by atoms with E-state index in [0.717, 1.165) is 39.4 Å². The van der Waals surface area contributed by atoms with Gasteiger partial charge in [-0.1, -0.05) is 39.4 Å². The highest BCUT2D eigenvalue weighted by Crippen LogP contribution is 2.26. The number of rotatable bonds is 5. The molecule has 1 aromatic carbocycles. The van der Waals surface area contributed by atoms with Crippen LogP contribution in [0, 0.1) is 0 Å². The molecular weight excluding hydrogens is 298 g/mol. The zero-order chi connectivity index (χ0) is 12.1. The Morgan fingerprint density at radius 2 is 2.24 bits per heavy atom. The van der Waals surface area contributed by atoms with Crippen molar-refractivity contribution in [2.75, 3.05) is 13.6 Å². The van der Waals surface area contributed by atoms with Crippen LogP contribution in [-0.2, 0) is 6.42 Å². The molecule has 5 heteroatoms. The number of benzene rings is 1. The highest BCUT2D eigenvalue weighted by Gasteiger charge is 2.06. The third-order valence-corrected chi connectivity index (χ3v) is 3.88. The first kappa shape index (κ1) is 12.7. The Bertz CT molecular complexity index is 484. The van der Waals surface area contributed by atoms with Crippen molar-refractivity contribution in [1.82, 2.24) is 15.5 Å². The molecule has 1 aromatic heterocycles. The fraction of sp³-hybridized carbons (Fsp3) is 0.333. The number of nitrogens with one attached hydrogen (secondary N) is 1. The molecule has 0 unspecified atom stereocenters. The van der Waals surface area contributed by atoms with Gasteiger partial charge in [0.2, 0.25) is 0 Å². The normalized spacial score (nSPS) is 10.7. The van der Waals surface area contributed by atoms with Gasteiger partial charge in [-0.2, -0.15) is 0 Å². The van der Waals surface area contributed by atoms with Gasteiger partial charge < -0.3 is 5.32 Å². The first-order valence-electron chi connectivity index (χ1n) is 5.52. The first-order chi connectivity index (χ1) is 8.29. The number of aromatic nitrogens is 2. The van der Waals surface area contributed by atoms with E-state index in [4.69, 9.17) is 0 Å². The fourth-order valence-corrected chi connectivity index (χ4v) is 2.79. The van der Waals surface area contributed by atoms with Crippen LogP contribution < -0.4 is 5.32 Å². The Hall–Kier alpha value is -0.780. The summed E-state index contributed by atoms with van der Waals surface area (Å²) in [6.45, 7) is 1.02. The molecule has 0 atom stereocenters. The molecular formula is C12H14BrN3S. The summed E-state index contributed by atoms with van der Waals surface area (Å²) in [5, 5.41) is 13.7. The average molecular weight is 312 g/mol. The average Bonchev–Trinajstić information content (AvgIpc) is 2.78. The Balaban J connectivity index is 2.07. The van der Waals surface area contributed by atoms with Gasteiger partial charge in [-0.3, -0.25) is 0 Å². The van der Waals surface area contributed by atoms with E-state index in [1.165, 1.54) is 0 Å². The maximum atomic E-state index is 4.23. The Kier molecular flexibility index (Phi) is 4.65. The lowest BCUT2D eigenvalue weighted by molar-refractivity contribution is 0.718. The standard InChI is InChI=1S/C12H14BrN3S/c1-14-7-3-6-11-15-16-12(17-11)9-4-2-5-10(13)8-9/h2,4-5,8,14H,3,6-7H2,1H3. The maximum Gasteiger partial charge on any atom is 0.147 e. The monoisotopic (exact) mass is 311 g/mol. The molecule has 0 radical (unpaired) electrons. The summed E-state index contributed by atoms with van der Waals surface area (Å²) in [6, 6.07) is 8.15. The minimum absolute atomic E-state index is 0.991. The van der Waals surface area contributed by atoms with Gasteiger partial charge in [0.25, 0.3) is 0 Å². The molecule has 2 aromatic rings. The van der Waals surface area contributed by atoms with E-state index in [2.05, 4.69) is 43.6 Å². The lowest BCUT2D eigenvalue weighted by atomic mass is 10.2. The molecule has 3 nitrogen and oxygen atoms in total. The van der Waals surface area contributed by atoms with Gasteiger partial charge in [0.05, 0.1) is 0 Å². The van der Waals surface area contributed by atoms with Gasteiger partial charge in [-0.15, -0.1) is 10.2 Å². The van der Waals surface area contributed by atoms with E-state index in [9.17, 15) is 0 Å². The van der Waals surface area contributed by atoms with Crippen molar-refractivity contribution >= 4 is 27.3 Å². The molecule has 0 fully saturated rings. The molecule has 0 aliphatic carbocycles. The molecule has 17 heavy (non-hydrogen) atoms. The SMILES string of the molecule is CNCCCc1nnc(-c2cccc(Br)c2)s1. The van der Waals surface area contributed by atoms with E-state index >= 15 is 0 Å². The molecule has 1 N–H and O–H groups in total. The highest BCUT2D eigenvalue weighted by molar-refractivity contribution is 9.10. The molecule has 90 valence electrons. The van der Waals surface area contributed by atoms with Crippen LogP contribution in [0.3, 0.4) is 0 Å². The summed E-state index contributed by atoms with van der Waals surface area (Å²) in [7, 11) is 1.97. The number of hydrogen-bond donors (Lipinski definition) is 1. The maximum absolute atomic E-state index is 4.23. The van der Waals surface area contributed by atoms with Gasteiger partial charge in [0, 0.05) is 16.5 Å². The van der Waals surface area contributed by atoms with Gasteiger partial charge in [-0.05, 0) is 32.1 Å². The van der Waals surface area contributed by atoms with Crippen molar-refractivity contribution in [3.8, 4) is 10.6 Å². The molecule has 0 amide bonds. The quantitative estimate of drug-likeness (QED) is 0.862. The van der Waals surface area contributed by atoms with E-state index < -0.39 is 0 Å². The van der Waals surface area contributed by atoms with Crippen molar-refractivity contribution < 1.29 is 0 Å². The zero-order valence-electron chi connectivity index (χ0n) is 9.61. The summed E-state index contributed by atoms with van der Waals surface area (Å²) in [4.78, 5) is 0. The van der Waals surface area contributed by atoms with Crippen LogP contribution in [0.1, 0.15) is 11.4 Å². The van der Waals surface area contributed by atoms with Crippen LogP contribution in [0.2, 0.25) is 0 Å². The van der Waals surface area contributed by atoms with Gasteiger partial charge in [0.15, 0.2) is 0 Å². The minimum Gasteiger partial charge on any atom is -0.320 e. The Morgan fingerprint density at radius 3 is 3.00 bits per heavy atom. The largest absolute Gasteiger partial charge is 0.320 e. The second kappa shape index (κ2) is 6.23. The van der Waals surface area contributed by atoms with Crippen LogP contribution in [0.25, 0.3) is 10.6 Å². The van der Waals surface area contributed by atoms with Crippen LogP contribution in [-0.4, -0.2) is 23.8 Å². The smallest absolute Gasteiger partial charge is 0.147 e. The number of nitrogens with zero attached hydrogens (tertiary/aromatic N) is 2. The fourth-order valence-electron chi connectivity index (χ4n) is 1.51. The van der Waals surface area contributed by atoms with E-state index in [1.807, 2.05) is 19.2 Å². The highest BCUT2D eigenvalue weighted by atomic mass is 79.9. The topological polar surface area (TPSA) is 37.8 Å². The summed E-state index contributed by atoms with van der Waals surface area (Å²) in [5.41, 5.74) is 1.12. The summed E-state index contributed by atoms with van der Waals surface area (Å²) in [6.07, 6.45) is 2.09. The Labute approximate surface area is 113 Å². The van der Waals surface area contributed by atoms with Crippen molar-refractivity contribution in [2.24, 2.45) is 0 Å². The summed E-state index contributed by atoms with van der Waals surface area (Å²) in [5.74, 6) is 0. The van der Waals surface area contributed by atoms with E-state index in [1.54, 1.807) is 11.3 Å². The molecule has 2 rings (SSSR count). The minimum atomic E-state index is 0.991. The number of aryl methyl sites for hydroxylation is 1. The molecule has 0 spiro atoms. The van der Waals surface area contributed by atoms with Gasteiger partial charge in [0.1, 0.15) is 10.0 Å². The molecule has 1 heterocycles. The van der Waals surface area contributed by atoms with E-state index in [0.29, 0.717) is 0 Å². The second-order valence-electron chi connectivity index (χ2n) is 3.72. The lowest BCUT2D eigenvalue weighted by Gasteiger charge is -1.96. The zero-order valence-corrected chi connectivity index (χ0v) is 12.0. The molecule has 0 bridgehead atoms. The second-order valence-corrected chi connectivity index (χ2v) is 5.70. The number of hydrogen-bond acceptors (Lipinski definition) is 4. The van der Waals surface area contributed by atoms with Crippen molar-refractivity contribution in [3.05, 3.63) is 33.7 Å². The molecule has 0 aliphatic heterocycles. The van der Waals surface area contributed by atoms with Gasteiger partial charge >= 0.3 is 0 Å². The van der Waals surface area contributed by atoms with Crippen LogP contribution >= 0.6 is 27.3 Å². The van der Waals surface area contributed by atoms with Crippen molar-refractivity contribution in [3.63, 3.8) is 0 Å². The third kappa shape index (κ3) is 3.59. The predicted molar refractivity (Wildman–Crippen MR) is 75.3 cm³/mol. The first-order valence-corrected chi connectivity index (χ1v) is 7.13. The Morgan fingerprint density at radius 1 is 1.35 bits per heavy atom. The molecule has 0 aliphatic rings. The van der Waals surface area contributed by atoms with Crippen LogP contribution in [0.5, 0.6) is 0 Å². The lowest BCUT2D eigenvalue weighted by Crippen LogP contribution is -2.08. The number of halogens is 1. The summed E-state index contributed by atoms with van der Waals surface area (Å²) >= 11 is 5.14. The molecule has 0 saturated carbocycles. The molecule has 0 saturated heterocycles. The van der Waals surface area contributed by atoms with Crippen molar-refractivity contribution in [1.29, 1.82) is 0 Å².